The van der Waals surface area contributed by atoms with Gasteiger partial charge in [-0.15, -0.1) is 0 Å². The summed E-state index contributed by atoms with van der Waals surface area (Å²) in [4.78, 5) is 0. The molecule has 5 heterocycles. The molecule has 10 aromatic carbocycles. The van der Waals surface area contributed by atoms with Gasteiger partial charge in [0.05, 0.1) is 0 Å². The van der Waals surface area contributed by atoms with Gasteiger partial charge in [0.2, 0.25) is 56.1 Å². The predicted octanol–water partition coefficient (Wildman–Crippen LogP) is 21.3. The van der Waals surface area contributed by atoms with Crippen molar-refractivity contribution in [3.05, 3.63) is 328 Å². The Bertz CT molecular complexity index is 5410. The maximum atomic E-state index is 2.37. The van der Waals surface area contributed by atoms with Crippen molar-refractivity contribution in [2.24, 2.45) is 35.2 Å². The molecule has 0 aliphatic heterocycles. The Hall–Kier alpha value is -10.8. The van der Waals surface area contributed by atoms with Gasteiger partial charge in [-0.05, 0) is 223 Å². The number of fused-ring (bicyclic) bond motifs is 5. The maximum absolute atomic E-state index is 2.37. The zero-order chi connectivity index (χ0) is 71.3. The zero-order valence-electron chi connectivity index (χ0n) is 62.6. The second-order valence-corrected chi connectivity index (χ2v) is 28.5. The fraction of sp³-hybridized carbons (Fsp3) is 0.211. The zero-order valence-corrected chi connectivity index (χ0v) is 62.6. The summed E-state index contributed by atoms with van der Waals surface area (Å²) >= 11 is 0. The SMILES string of the molecule is Cc1cc(C(C)(C)C)cc(-c2ccc3ccccc3[n+]2C)c1C.Cc1cc(C)c(C)c(-c2ccc3ccccc3[n+]2C)c1.Cc1cc(C)c(C)c(-c2ccc3ccccc3[n+]2C)c1.Cc1ccc(C)c(-c2ccc3ccccc3[n+]2C)c1.Cc1ccccc1-c1ccc2ccccc2[n+]1C. The molecule has 0 aliphatic rings. The van der Waals surface area contributed by atoms with Crippen LogP contribution in [0.3, 0.4) is 0 Å². The molecule has 0 unspecified atom stereocenters. The lowest BCUT2D eigenvalue weighted by Crippen LogP contribution is -2.32. The van der Waals surface area contributed by atoms with Gasteiger partial charge in [0.1, 0.15) is 35.2 Å². The number of hydrogen-bond acceptors (Lipinski definition) is 0. The van der Waals surface area contributed by atoms with Crippen LogP contribution >= 0.6 is 0 Å². The van der Waals surface area contributed by atoms with Gasteiger partial charge in [0, 0.05) is 115 Å². The van der Waals surface area contributed by atoms with Crippen LogP contribution in [0.5, 0.6) is 0 Å². The molecule has 500 valence electrons. The first-order valence-electron chi connectivity index (χ1n) is 35.2. The molecule has 0 radical (unpaired) electrons. The summed E-state index contributed by atoms with van der Waals surface area (Å²) in [6.45, 7) is 30.9. The van der Waals surface area contributed by atoms with Crippen LogP contribution in [0.25, 0.3) is 111 Å². The lowest BCUT2D eigenvalue weighted by Gasteiger charge is -2.22. The molecule has 0 fully saturated rings. The number of benzene rings is 10. The minimum Gasteiger partial charge on any atom is -0.194 e. The van der Waals surface area contributed by atoms with Crippen LogP contribution in [0.2, 0.25) is 0 Å². The number of pyridine rings is 5. The molecule has 0 amide bonds. The third kappa shape index (κ3) is 15.1. The molecule has 0 saturated heterocycles. The molecule has 15 aromatic rings. The molecule has 5 heteroatoms. The summed E-state index contributed by atoms with van der Waals surface area (Å²) in [5, 5.41) is 6.39. The Morgan fingerprint density at radius 3 is 0.820 bits per heavy atom. The van der Waals surface area contributed by atoms with E-state index in [1.165, 1.54) is 178 Å². The molecule has 0 N–H and O–H groups in total. The highest BCUT2D eigenvalue weighted by Crippen LogP contribution is 2.34. The fourth-order valence-electron chi connectivity index (χ4n) is 14.1. The van der Waals surface area contributed by atoms with Gasteiger partial charge in [-0.25, -0.2) is 0 Å². The molecule has 15 rings (SSSR count). The van der Waals surface area contributed by atoms with E-state index in [-0.39, 0.29) is 5.41 Å². The molecule has 100 heavy (non-hydrogen) atoms. The number of para-hydroxylation sites is 5. The summed E-state index contributed by atoms with van der Waals surface area (Å²) < 4.78 is 11.4. The summed E-state index contributed by atoms with van der Waals surface area (Å²) in [5.74, 6) is 0. The molecular weight excluding hydrogens is 1210 g/mol. The van der Waals surface area contributed by atoms with Crippen molar-refractivity contribution in [3.8, 4) is 56.3 Å². The van der Waals surface area contributed by atoms with E-state index in [4.69, 9.17) is 0 Å². The van der Waals surface area contributed by atoms with Crippen molar-refractivity contribution < 1.29 is 22.8 Å². The second-order valence-electron chi connectivity index (χ2n) is 28.5. The van der Waals surface area contributed by atoms with Gasteiger partial charge in [-0.1, -0.05) is 147 Å². The topological polar surface area (TPSA) is 19.4 Å². The summed E-state index contributed by atoms with van der Waals surface area (Å²) in [6, 6.07) is 93.6. The van der Waals surface area contributed by atoms with Crippen LogP contribution in [-0.4, -0.2) is 0 Å². The first kappa shape index (κ1) is 70.6. The average Bonchev–Trinajstić information content (AvgIpc) is 0.800. The molecule has 0 atom stereocenters. The van der Waals surface area contributed by atoms with Gasteiger partial charge >= 0.3 is 0 Å². The standard InChI is InChI=1S/C22H26N.2C19H20N.C18H18N.C17H16N/c1-15-13-18(22(3,4)5)14-19(16(15)2)21-12-11-17-9-7-8-10-20(17)23(21)6;2*1-13-11-14(2)15(3)17(12-13)19-10-9-16-7-5-6-8-18(16)20(19)4;1-13-8-9-14(2)16(12-13)18-11-10-15-6-4-5-7-17(15)19(18)3;1-13-7-3-5-9-15(13)17-12-11-14-8-4-6-10-16(14)18(17)2/h7-14H,1-6H3;2*5-12H,1-4H3;4-12H,1-3H3;3-12H,1-2H3/q5*+1. The monoisotopic (exact) mass is 1310 g/mol. The smallest absolute Gasteiger partial charge is 0.194 e. The Morgan fingerprint density at radius 1 is 0.210 bits per heavy atom. The fourth-order valence-corrected chi connectivity index (χ4v) is 14.1. The van der Waals surface area contributed by atoms with E-state index in [0.29, 0.717) is 0 Å². The van der Waals surface area contributed by atoms with E-state index >= 15 is 0 Å². The van der Waals surface area contributed by atoms with Gasteiger partial charge in [-0.3, -0.25) is 0 Å². The molecular formula is C95H100N5+5. The average molecular weight is 1310 g/mol. The number of hydrogen-bond donors (Lipinski definition) is 0. The lowest BCUT2D eigenvalue weighted by atomic mass is 9.83. The van der Waals surface area contributed by atoms with Crippen molar-refractivity contribution in [2.45, 2.75) is 102 Å². The quantitative estimate of drug-likeness (QED) is 0.153. The van der Waals surface area contributed by atoms with E-state index in [1.54, 1.807) is 0 Å². The van der Waals surface area contributed by atoms with E-state index < -0.39 is 0 Å². The van der Waals surface area contributed by atoms with Gasteiger partial charge in [-0.2, -0.15) is 22.8 Å². The molecule has 0 saturated carbocycles. The van der Waals surface area contributed by atoms with E-state index in [9.17, 15) is 0 Å². The van der Waals surface area contributed by atoms with Crippen LogP contribution in [0.15, 0.2) is 261 Å². The largest absolute Gasteiger partial charge is 0.213 e. The summed E-state index contributed by atoms with van der Waals surface area (Å²) in [7, 11) is 10.7. The van der Waals surface area contributed by atoms with Crippen LogP contribution < -0.4 is 22.8 Å². The minimum atomic E-state index is 0.155. The van der Waals surface area contributed by atoms with Crippen LogP contribution in [0, 0.1) is 76.2 Å². The number of aryl methyl sites for hydroxylation is 13. The molecule has 0 aliphatic carbocycles. The summed E-state index contributed by atoms with van der Waals surface area (Å²) in [6.07, 6.45) is 0. The van der Waals surface area contributed by atoms with Crippen molar-refractivity contribution >= 4 is 54.5 Å². The Labute approximate surface area is 595 Å². The van der Waals surface area contributed by atoms with E-state index in [0.717, 1.165) is 0 Å². The highest BCUT2D eigenvalue weighted by atomic mass is 15.0. The molecule has 5 nitrogen and oxygen atoms in total. The van der Waals surface area contributed by atoms with Crippen molar-refractivity contribution in [1.29, 1.82) is 0 Å². The van der Waals surface area contributed by atoms with Crippen molar-refractivity contribution in [2.75, 3.05) is 0 Å². The van der Waals surface area contributed by atoms with Crippen LogP contribution in [-0.2, 0) is 40.7 Å². The van der Waals surface area contributed by atoms with Crippen LogP contribution in [0.4, 0.5) is 0 Å². The third-order valence-corrected chi connectivity index (χ3v) is 20.5. The number of nitrogens with zero attached hydrogens (tertiary/aromatic N) is 5. The van der Waals surface area contributed by atoms with Gasteiger partial charge in [0.25, 0.3) is 0 Å². The van der Waals surface area contributed by atoms with E-state index in [1.807, 2.05) is 0 Å². The Balaban J connectivity index is 0.000000126. The van der Waals surface area contributed by atoms with E-state index in [2.05, 4.69) is 416 Å². The highest BCUT2D eigenvalue weighted by Gasteiger charge is 2.24. The van der Waals surface area contributed by atoms with Crippen molar-refractivity contribution in [3.63, 3.8) is 0 Å². The van der Waals surface area contributed by atoms with Crippen LogP contribution in [0.1, 0.15) is 87.5 Å². The molecule has 5 aromatic heterocycles. The van der Waals surface area contributed by atoms with Gasteiger partial charge < -0.3 is 0 Å². The molecule has 0 bridgehead atoms. The Kier molecular flexibility index (Phi) is 21.3. The number of aromatic nitrogens is 5. The normalized spacial score (nSPS) is 11.2. The maximum Gasteiger partial charge on any atom is 0.213 e. The summed E-state index contributed by atoms with van der Waals surface area (Å²) in [5.41, 5.74) is 35.5. The third-order valence-electron chi connectivity index (χ3n) is 20.5. The first-order chi connectivity index (χ1) is 47.9. The first-order valence-corrected chi connectivity index (χ1v) is 35.2. The Morgan fingerprint density at radius 2 is 0.480 bits per heavy atom. The number of rotatable bonds is 5. The minimum absolute atomic E-state index is 0.155. The predicted molar refractivity (Wildman–Crippen MR) is 424 cm³/mol. The highest BCUT2D eigenvalue weighted by molar-refractivity contribution is 5.82. The van der Waals surface area contributed by atoms with Gasteiger partial charge in [0.15, 0.2) is 0 Å². The lowest BCUT2D eigenvalue weighted by molar-refractivity contribution is -0.633. The molecule has 0 spiro atoms. The second kappa shape index (κ2) is 30.2. The van der Waals surface area contributed by atoms with Crippen molar-refractivity contribution in [1.82, 2.24) is 0 Å².